The van der Waals surface area contributed by atoms with Crippen molar-refractivity contribution in [2.75, 3.05) is 13.2 Å². The van der Waals surface area contributed by atoms with Crippen molar-refractivity contribution in [3.8, 4) is 0 Å². The summed E-state index contributed by atoms with van der Waals surface area (Å²) in [4.78, 5) is 24.7. The van der Waals surface area contributed by atoms with Crippen LogP contribution in [-0.4, -0.2) is 47.4 Å². The van der Waals surface area contributed by atoms with Crippen LogP contribution in [0.3, 0.4) is 0 Å². The van der Waals surface area contributed by atoms with Crippen LogP contribution in [0.1, 0.15) is 528 Å². The highest BCUT2D eigenvalue weighted by atomic mass is 16.5. The third-order valence-corrected chi connectivity index (χ3v) is 21.9. The molecule has 0 aromatic heterocycles. The Kier molecular flexibility index (Phi) is 87.8. The van der Waals surface area contributed by atoms with Gasteiger partial charge in [-0.15, -0.1) is 0 Å². The number of aliphatic hydroxyl groups excluding tert-OH is 2. The number of rotatable bonds is 88. The maximum absolute atomic E-state index is 12.6. The van der Waals surface area contributed by atoms with Gasteiger partial charge in [0.15, 0.2) is 0 Å². The van der Waals surface area contributed by atoms with Crippen molar-refractivity contribution in [3.63, 3.8) is 0 Å². The van der Waals surface area contributed by atoms with Crippen LogP contribution in [0.2, 0.25) is 0 Å². The van der Waals surface area contributed by atoms with E-state index < -0.39 is 12.1 Å². The van der Waals surface area contributed by atoms with E-state index in [9.17, 15) is 19.8 Å². The molecule has 0 heterocycles. The molecule has 0 aromatic carbocycles. The molecule has 6 heteroatoms. The standard InChI is InChI=1S/C94H181NO5/c1-3-5-7-9-11-13-15-17-19-21-23-24-25-41-44-47-51-54-58-62-66-70-74-78-82-86-92(97)91(90-96)95-93(98)87-83-79-75-71-67-63-59-55-52-48-45-42-39-37-35-33-31-29-27-26-28-30-32-34-36-38-40-43-46-49-53-57-61-65-69-73-77-81-85-89-100-94(99)88-84-80-76-72-68-64-60-56-50-22-20-18-16-14-12-10-8-6-4-2/h18,20,26-27,82,86,91-92,96-97H,3-17,19,21-25,28-81,83-85,87-90H2,1-2H3,(H,95,98)/b20-18-,27-26-,86-82+. The second-order valence-electron chi connectivity index (χ2n) is 32.0. The maximum atomic E-state index is 12.6. The van der Waals surface area contributed by atoms with Crippen LogP contribution in [0.25, 0.3) is 0 Å². The lowest BCUT2D eigenvalue weighted by Crippen LogP contribution is -2.45. The fourth-order valence-electron chi connectivity index (χ4n) is 14.9. The molecule has 0 saturated heterocycles. The number of aliphatic hydroxyl groups is 2. The van der Waals surface area contributed by atoms with Crippen molar-refractivity contribution in [2.24, 2.45) is 0 Å². The first-order chi connectivity index (χ1) is 49.5. The molecule has 2 unspecified atom stereocenters. The Balaban J connectivity index is 3.34. The lowest BCUT2D eigenvalue weighted by Gasteiger charge is -2.20. The molecule has 0 aliphatic heterocycles. The Labute approximate surface area is 627 Å². The number of hydrogen-bond donors (Lipinski definition) is 3. The smallest absolute Gasteiger partial charge is 0.305 e. The normalized spacial score (nSPS) is 12.6. The van der Waals surface area contributed by atoms with E-state index in [1.54, 1.807) is 6.08 Å². The van der Waals surface area contributed by atoms with Gasteiger partial charge in [0.2, 0.25) is 5.91 Å². The number of carbonyl (C=O) groups excluding carboxylic acids is 2. The summed E-state index contributed by atoms with van der Waals surface area (Å²) in [5.74, 6) is -0.0346. The van der Waals surface area contributed by atoms with E-state index in [-0.39, 0.29) is 18.5 Å². The molecule has 6 nitrogen and oxygen atoms in total. The predicted octanol–water partition coefficient (Wildman–Crippen LogP) is 31.3. The summed E-state index contributed by atoms with van der Waals surface area (Å²) in [6.45, 7) is 4.97. The van der Waals surface area contributed by atoms with Crippen molar-refractivity contribution in [3.05, 3.63) is 36.5 Å². The SMILES string of the molecule is CCCCCCCC/C=C\CCCCCCCCCCCC(=O)OCCCCCCCCCCCCCCCCCCCC/C=C\CCCCCCCCCCCCCCCCCCCC(=O)NC(CO)C(O)/C=C/CCCCCCCCCCCCCCCCCCCCCCCCC. The van der Waals surface area contributed by atoms with Gasteiger partial charge in [-0.05, 0) is 83.5 Å². The van der Waals surface area contributed by atoms with Gasteiger partial charge in [0, 0.05) is 12.8 Å². The van der Waals surface area contributed by atoms with Gasteiger partial charge < -0.3 is 20.3 Å². The van der Waals surface area contributed by atoms with Crippen LogP contribution in [0.4, 0.5) is 0 Å². The minimum atomic E-state index is -0.843. The van der Waals surface area contributed by atoms with Gasteiger partial charge in [0.1, 0.15) is 0 Å². The zero-order valence-electron chi connectivity index (χ0n) is 68.2. The number of unbranched alkanes of at least 4 members (excludes halogenated alkanes) is 73. The molecule has 0 aromatic rings. The first-order valence-corrected chi connectivity index (χ1v) is 46.3. The van der Waals surface area contributed by atoms with Gasteiger partial charge in [0.25, 0.3) is 0 Å². The quantitative estimate of drug-likeness (QED) is 0.0320. The van der Waals surface area contributed by atoms with Crippen LogP contribution in [-0.2, 0) is 14.3 Å². The molecular weight excluding hydrogens is 1220 g/mol. The van der Waals surface area contributed by atoms with Gasteiger partial charge in [-0.2, -0.15) is 0 Å². The fraction of sp³-hybridized carbons (Fsp3) is 0.915. The van der Waals surface area contributed by atoms with Gasteiger partial charge >= 0.3 is 5.97 Å². The Hall–Kier alpha value is -1.92. The second kappa shape index (κ2) is 89.5. The van der Waals surface area contributed by atoms with Gasteiger partial charge in [-0.3, -0.25) is 9.59 Å². The average molecular weight is 1410 g/mol. The molecule has 1 amide bonds. The summed E-state index contributed by atoms with van der Waals surface area (Å²) >= 11 is 0. The Morgan fingerprint density at radius 2 is 0.470 bits per heavy atom. The van der Waals surface area contributed by atoms with Crippen molar-refractivity contribution < 1.29 is 24.5 Å². The molecule has 100 heavy (non-hydrogen) atoms. The molecular formula is C94H181NO5. The molecule has 0 saturated carbocycles. The summed E-state index contributed by atoms with van der Waals surface area (Å²) in [6, 6.07) is -0.626. The van der Waals surface area contributed by atoms with Crippen LogP contribution in [0.15, 0.2) is 36.5 Å². The highest BCUT2D eigenvalue weighted by Crippen LogP contribution is 2.21. The second-order valence-corrected chi connectivity index (χ2v) is 32.0. The summed E-state index contributed by atoms with van der Waals surface area (Å²) in [5.41, 5.74) is 0. The average Bonchev–Trinajstić information content (AvgIpc) is 1.80. The van der Waals surface area contributed by atoms with Crippen LogP contribution in [0.5, 0.6) is 0 Å². The fourth-order valence-corrected chi connectivity index (χ4v) is 14.9. The minimum Gasteiger partial charge on any atom is -0.466 e. The largest absolute Gasteiger partial charge is 0.466 e. The molecule has 0 rings (SSSR count). The molecule has 592 valence electrons. The molecule has 0 spiro atoms. The number of hydrogen-bond acceptors (Lipinski definition) is 5. The van der Waals surface area contributed by atoms with E-state index in [4.69, 9.17) is 4.74 Å². The number of esters is 1. The zero-order chi connectivity index (χ0) is 71.9. The molecule has 0 aliphatic carbocycles. The first kappa shape index (κ1) is 98.1. The summed E-state index contributed by atoms with van der Waals surface area (Å²) < 4.78 is 5.53. The van der Waals surface area contributed by atoms with Crippen LogP contribution < -0.4 is 5.32 Å². The Morgan fingerprint density at radius 3 is 0.710 bits per heavy atom. The van der Waals surface area contributed by atoms with Crippen molar-refractivity contribution in [1.82, 2.24) is 5.32 Å². The maximum Gasteiger partial charge on any atom is 0.305 e. The number of amides is 1. The number of carbonyl (C=O) groups is 2. The van der Waals surface area contributed by atoms with Gasteiger partial charge in [-0.25, -0.2) is 0 Å². The third kappa shape index (κ3) is 85.0. The van der Waals surface area contributed by atoms with Crippen LogP contribution >= 0.6 is 0 Å². The Morgan fingerprint density at radius 1 is 0.270 bits per heavy atom. The first-order valence-electron chi connectivity index (χ1n) is 46.3. The van der Waals surface area contributed by atoms with E-state index in [1.165, 1.54) is 462 Å². The van der Waals surface area contributed by atoms with Crippen molar-refractivity contribution in [1.29, 1.82) is 0 Å². The topological polar surface area (TPSA) is 95.9 Å². The molecule has 2 atom stereocenters. The monoisotopic (exact) mass is 1400 g/mol. The number of ether oxygens (including phenoxy) is 1. The summed E-state index contributed by atoms with van der Waals surface area (Å²) in [5, 5.41) is 23.4. The summed E-state index contributed by atoms with van der Waals surface area (Å²) in [7, 11) is 0. The number of allylic oxidation sites excluding steroid dienone is 5. The van der Waals surface area contributed by atoms with E-state index >= 15 is 0 Å². The molecule has 0 radical (unpaired) electrons. The van der Waals surface area contributed by atoms with E-state index in [2.05, 4.69) is 43.5 Å². The summed E-state index contributed by atoms with van der Waals surface area (Å²) in [6.07, 6.45) is 119. The van der Waals surface area contributed by atoms with Crippen molar-refractivity contribution in [2.45, 2.75) is 540 Å². The van der Waals surface area contributed by atoms with Gasteiger partial charge in [0.05, 0.1) is 25.4 Å². The van der Waals surface area contributed by atoms with Crippen LogP contribution in [0, 0.1) is 0 Å². The van der Waals surface area contributed by atoms with Gasteiger partial charge in [-0.1, -0.05) is 468 Å². The molecule has 3 N–H and O–H groups in total. The lowest BCUT2D eigenvalue weighted by atomic mass is 10.0. The van der Waals surface area contributed by atoms with Crippen molar-refractivity contribution >= 4 is 11.9 Å². The minimum absolute atomic E-state index is 0.0231. The predicted molar refractivity (Wildman–Crippen MR) is 444 cm³/mol. The zero-order valence-corrected chi connectivity index (χ0v) is 68.2. The van der Waals surface area contributed by atoms with E-state index in [1.807, 2.05) is 6.08 Å². The highest BCUT2D eigenvalue weighted by molar-refractivity contribution is 5.76. The molecule has 0 aliphatic rings. The van der Waals surface area contributed by atoms with E-state index in [0.29, 0.717) is 19.4 Å². The molecule has 0 bridgehead atoms. The lowest BCUT2D eigenvalue weighted by molar-refractivity contribution is -0.143. The number of nitrogens with one attached hydrogen (secondary N) is 1. The highest BCUT2D eigenvalue weighted by Gasteiger charge is 2.18. The Bertz CT molecular complexity index is 1620. The molecule has 0 fully saturated rings. The van der Waals surface area contributed by atoms with E-state index in [0.717, 1.165) is 38.5 Å². The third-order valence-electron chi connectivity index (χ3n) is 21.9.